The first-order chi connectivity index (χ1) is 16.5. The summed E-state index contributed by atoms with van der Waals surface area (Å²) in [7, 11) is 0. The van der Waals surface area contributed by atoms with Crippen molar-refractivity contribution in [2.24, 2.45) is 22.7 Å². The minimum absolute atomic E-state index is 0.127. The first kappa shape index (κ1) is 25.7. The molecular weight excluding hydrogens is 456 g/mol. The molecule has 1 aromatic heterocycles. The number of rotatable bonds is 7. The van der Waals surface area contributed by atoms with Crippen LogP contribution in [0.4, 0.5) is 0 Å². The number of esters is 3. The maximum absolute atomic E-state index is 12.1. The van der Waals surface area contributed by atoms with E-state index in [1.54, 1.807) is 12.5 Å². The Morgan fingerprint density at radius 3 is 2.34 bits per heavy atom. The molecule has 3 aliphatic rings. The van der Waals surface area contributed by atoms with E-state index in [-0.39, 0.29) is 25.0 Å². The van der Waals surface area contributed by atoms with Crippen LogP contribution in [0.5, 0.6) is 0 Å². The van der Waals surface area contributed by atoms with Gasteiger partial charge in [0.15, 0.2) is 0 Å². The lowest BCUT2D eigenvalue weighted by atomic mass is 9.41. The second kappa shape index (κ2) is 9.24. The van der Waals surface area contributed by atoms with Crippen LogP contribution < -0.4 is 0 Å². The Labute approximate surface area is 205 Å². The Morgan fingerprint density at radius 1 is 1.11 bits per heavy atom. The van der Waals surface area contributed by atoms with Gasteiger partial charge in [-0.3, -0.25) is 14.4 Å². The molecule has 2 aliphatic carbocycles. The van der Waals surface area contributed by atoms with E-state index in [2.05, 4.69) is 6.92 Å². The summed E-state index contributed by atoms with van der Waals surface area (Å²) < 4.78 is 28.4. The number of ether oxygens (including phenoxy) is 4. The van der Waals surface area contributed by atoms with Crippen molar-refractivity contribution in [3.8, 4) is 0 Å². The van der Waals surface area contributed by atoms with Gasteiger partial charge in [-0.05, 0) is 48.6 Å². The normalized spacial score (nSPS) is 40.0. The Bertz CT molecular complexity index is 952. The number of fused-ring (bicyclic) bond motifs is 2. The van der Waals surface area contributed by atoms with E-state index in [4.69, 9.17) is 23.4 Å². The molecular formula is C26H36O9. The molecule has 1 N–H and O–H groups in total. The van der Waals surface area contributed by atoms with Crippen molar-refractivity contribution in [3.05, 3.63) is 24.2 Å². The fraction of sp³-hybridized carbons (Fsp3) is 0.731. The van der Waals surface area contributed by atoms with Gasteiger partial charge in [-0.1, -0.05) is 13.8 Å². The van der Waals surface area contributed by atoms with Crippen LogP contribution in [0.15, 0.2) is 23.0 Å². The molecule has 0 unspecified atom stereocenters. The Hall–Kier alpha value is -2.39. The van der Waals surface area contributed by atoms with Crippen LogP contribution in [0.3, 0.4) is 0 Å². The van der Waals surface area contributed by atoms with Crippen LogP contribution >= 0.6 is 0 Å². The summed E-state index contributed by atoms with van der Waals surface area (Å²) in [5, 5.41) is 12.0. The monoisotopic (exact) mass is 492 g/mol. The molecule has 8 atom stereocenters. The van der Waals surface area contributed by atoms with Gasteiger partial charge in [-0.25, -0.2) is 0 Å². The Balaban J connectivity index is 1.83. The smallest absolute Gasteiger partial charge is 0.303 e. The summed E-state index contributed by atoms with van der Waals surface area (Å²) in [5.41, 5.74) is -1.55. The van der Waals surface area contributed by atoms with Gasteiger partial charge in [0.1, 0.15) is 30.5 Å². The van der Waals surface area contributed by atoms with E-state index in [0.717, 1.165) is 18.4 Å². The molecule has 0 radical (unpaired) electrons. The number of epoxide rings is 1. The average molecular weight is 493 g/mol. The van der Waals surface area contributed by atoms with Crippen LogP contribution in [0, 0.1) is 22.7 Å². The highest BCUT2D eigenvalue weighted by atomic mass is 16.6. The van der Waals surface area contributed by atoms with Crippen LogP contribution in [0.2, 0.25) is 0 Å². The van der Waals surface area contributed by atoms with E-state index in [0.29, 0.717) is 12.8 Å². The largest absolute Gasteiger partial charge is 0.472 e. The number of hydrogen-bond donors (Lipinski definition) is 1. The van der Waals surface area contributed by atoms with Gasteiger partial charge in [0.05, 0.1) is 24.5 Å². The quantitative estimate of drug-likeness (QED) is 0.347. The van der Waals surface area contributed by atoms with E-state index < -0.39 is 52.7 Å². The molecule has 35 heavy (non-hydrogen) atoms. The van der Waals surface area contributed by atoms with Crippen molar-refractivity contribution in [3.63, 3.8) is 0 Å². The molecule has 194 valence electrons. The lowest BCUT2D eigenvalue weighted by Crippen LogP contribution is -2.74. The van der Waals surface area contributed by atoms with Crippen molar-refractivity contribution in [1.29, 1.82) is 0 Å². The van der Waals surface area contributed by atoms with Crippen molar-refractivity contribution in [2.45, 2.75) is 84.2 Å². The molecule has 2 saturated carbocycles. The fourth-order valence-electron chi connectivity index (χ4n) is 7.06. The van der Waals surface area contributed by atoms with Gasteiger partial charge in [0.25, 0.3) is 0 Å². The van der Waals surface area contributed by atoms with Crippen molar-refractivity contribution in [1.82, 2.24) is 0 Å². The Morgan fingerprint density at radius 2 is 1.80 bits per heavy atom. The lowest BCUT2D eigenvalue weighted by Gasteiger charge is -2.65. The zero-order valence-electron chi connectivity index (χ0n) is 21.1. The maximum atomic E-state index is 12.1. The molecule has 0 aromatic carbocycles. The highest BCUT2D eigenvalue weighted by Crippen LogP contribution is 2.69. The number of aryl methyl sites for hydroxylation is 1. The number of carbonyl (C=O) groups is 3. The van der Waals surface area contributed by atoms with E-state index >= 15 is 0 Å². The number of hydrogen-bond acceptors (Lipinski definition) is 9. The summed E-state index contributed by atoms with van der Waals surface area (Å²) in [4.78, 5) is 36.1. The first-order valence-electron chi connectivity index (χ1n) is 12.3. The van der Waals surface area contributed by atoms with Crippen LogP contribution in [-0.2, 0) is 39.8 Å². The zero-order valence-corrected chi connectivity index (χ0v) is 21.1. The van der Waals surface area contributed by atoms with Crippen LogP contribution in [-0.4, -0.2) is 60.1 Å². The maximum Gasteiger partial charge on any atom is 0.303 e. The van der Waals surface area contributed by atoms with Gasteiger partial charge >= 0.3 is 17.9 Å². The number of carbonyl (C=O) groups excluding carboxylic acids is 3. The first-order valence-corrected chi connectivity index (χ1v) is 12.3. The zero-order chi connectivity index (χ0) is 25.6. The molecule has 2 heterocycles. The second-order valence-corrected chi connectivity index (χ2v) is 10.7. The highest BCUT2D eigenvalue weighted by Gasteiger charge is 2.79. The predicted octanol–water partition coefficient (Wildman–Crippen LogP) is 2.82. The Kier molecular flexibility index (Phi) is 6.79. The van der Waals surface area contributed by atoms with E-state index in [9.17, 15) is 19.5 Å². The lowest BCUT2D eigenvalue weighted by molar-refractivity contribution is -0.276. The van der Waals surface area contributed by atoms with Gasteiger partial charge in [-0.2, -0.15) is 0 Å². The number of furan rings is 1. The second-order valence-electron chi connectivity index (χ2n) is 10.7. The van der Waals surface area contributed by atoms with Crippen LogP contribution in [0.1, 0.15) is 59.4 Å². The van der Waals surface area contributed by atoms with Gasteiger partial charge in [0, 0.05) is 26.7 Å². The number of aliphatic hydroxyl groups excluding tert-OH is 1. The van der Waals surface area contributed by atoms with E-state index in [1.165, 1.54) is 20.8 Å². The summed E-state index contributed by atoms with van der Waals surface area (Å²) in [6.07, 6.45) is 3.33. The summed E-state index contributed by atoms with van der Waals surface area (Å²) >= 11 is 0. The molecule has 9 heteroatoms. The molecule has 0 bridgehead atoms. The highest BCUT2D eigenvalue weighted by molar-refractivity contribution is 5.67. The molecule has 3 fully saturated rings. The summed E-state index contributed by atoms with van der Waals surface area (Å²) in [6.45, 7) is 8.25. The third-order valence-electron chi connectivity index (χ3n) is 8.93. The molecule has 1 aromatic rings. The standard InChI is InChI=1S/C26H36O9/c1-15-22(35-18(4)29)23(30)25(13-32-16(2)27)20(24(15,5)10-8-19-9-11-31-12-19)6-7-21(34-17(3)28)26(25)14-33-26/h9,11-12,15,20-23,30H,6-8,10,13-14H2,1-5H3/t15-,20-,21+,22-,23+,24-,25+,26-/m1/s1. The molecule has 1 aliphatic heterocycles. The van der Waals surface area contributed by atoms with Crippen molar-refractivity contribution < 1.29 is 42.9 Å². The van der Waals surface area contributed by atoms with Crippen molar-refractivity contribution in [2.75, 3.05) is 13.2 Å². The van der Waals surface area contributed by atoms with Gasteiger partial charge in [-0.15, -0.1) is 0 Å². The summed E-state index contributed by atoms with van der Waals surface area (Å²) in [6, 6.07) is 1.92. The van der Waals surface area contributed by atoms with Crippen LogP contribution in [0.25, 0.3) is 0 Å². The topological polar surface area (TPSA) is 125 Å². The molecule has 1 spiro atoms. The fourth-order valence-corrected chi connectivity index (χ4v) is 7.06. The molecule has 4 rings (SSSR count). The molecule has 1 saturated heterocycles. The SMILES string of the molecule is CC(=O)OC[C@@]12[C@H](CC[C@H](OC(C)=O)[C@]13CO3)[C@](C)(CCc1ccoc1)[C@H](C)[C@@H](OC(C)=O)[C@@H]2O. The minimum Gasteiger partial charge on any atom is -0.472 e. The summed E-state index contributed by atoms with van der Waals surface area (Å²) in [5.74, 6) is -1.79. The van der Waals surface area contributed by atoms with Crippen molar-refractivity contribution >= 4 is 17.9 Å². The van der Waals surface area contributed by atoms with E-state index in [1.807, 2.05) is 13.0 Å². The molecule has 0 amide bonds. The number of aliphatic hydroxyl groups is 1. The minimum atomic E-state index is -1.19. The average Bonchev–Trinajstić information content (AvgIpc) is 3.40. The van der Waals surface area contributed by atoms with Gasteiger partial charge < -0.3 is 28.5 Å². The van der Waals surface area contributed by atoms with Gasteiger partial charge in [0.2, 0.25) is 0 Å². The third-order valence-corrected chi connectivity index (χ3v) is 8.93. The third kappa shape index (κ3) is 4.16. The predicted molar refractivity (Wildman–Crippen MR) is 122 cm³/mol. The molecule has 9 nitrogen and oxygen atoms in total.